The highest BCUT2D eigenvalue weighted by Crippen LogP contribution is 2.47. The molecule has 1 amide bonds. The fraction of sp³-hybridized carbons (Fsp3) is 0.370. The molecule has 0 spiro atoms. The summed E-state index contributed by atoms with van der Waals surface area (Å²) >= 11 is 0. The quantitative estimate of drug-likeness (QED) is 0.461. The number of rotatable bonds is 6. The first-order valence-corrected chi connectivity index (χ1v) is 14.7. The third kappa shape index (κ3) is 5.05. The van der Waals surface area contributed by atoms with Crippen LogP contribution in [0.4, 0.5) is 5.82 Å². The summed E-state index contributed by atoms with van der Waals surface area (Å²) in [5.41, 5.74) is 2.60. The number of amides is 1. The number of anilines is 1. The van der Waals surface area contributed by atoms with Crippen molar-refractivity contribution < 1.29 is 9.22 Å². The van der Waals surface area contributed by atoms with E-state index in [0.717, 1.165) is 6.42 Å². The Morgan fingerprint density at radius 2 is 1.71 bits per heavy atom. The lowest BCUT2D eigenvalue weighted by atomic mass is 10.0. The molecular weight excluding hydrogens is 442 g/mol. The maximum Gasteiger partial charge on any atom is 0.349 e. The lowest BCUT2D eigenvalue weighted by Gasteiger charge is -2.38. The second-order valence-electron chi connectivity index (χ2n) is 10.5. The van der Waals surface area contributed by atoms with Gasteiger partial charge in [0.15, 0.2) is 8.32 Å². The Morgan fingerprint density at radius 1 is 1.06 bits per heavy atom. The molecule has 7 heteroatoms. The van der Waals surface area contributed by atoms with Crippen molar-refractivity contribution in [2.45, 2.75) is 63.9 Å². The van der Waals surface area contributed by atoms with Crippen molar-refractivity contribution in [3.8, 4) is 0 Å². The highest BCUT2D eigenvalue weighted by molar-refractivity contribution is 6.74. The van der Waals surface area contributed by atoms with Crippen molar-refractivity contribution in [2.75, 3.05) is 5.32 Å². The summed E-state index contributed by atoms with van der Waals surface area (Å²) in [4.78, 5) is 29.3. The van der Waals surface area contributed by atoms with Crippen LogP contribution in [0.25, 0.3) is 0 Å². The topological polar surface area (TPSA) is 73.2 Å². The van der Waals surface area contributed by atoms with Gasteiger partial charge in [-0.25, -0.2) is 4.79 Å². The number of aromatic nitrogens is 2. The van der Waals surface area contributed by atoms with Crippen molar-refractivity contribution in [1.29, 1.82) is 0 Å². The van der Waals surface area contributed by atoms with E-state index in [-0.39, 0.29) is 34.5 Å². The summed E-state index contributed by atoms with van der Waals surface area (Å²) in [6.45, 7) is 11.8. The molecule has 0 saturated carbocycles. The van der Waals surface area contributed by atoms with Gasteiger partial charge in [0.1, 0.15) is 5.82 Å². The van der Waals surface area contributed by atoms with Crippen molar-refractivity contribution in [3.63, 3.8) is 0 Å². The summed E-state index contributed by atoms with van der Waals surface area (Å²) in [5, 5.41) is 2.83. The molecule has 1 aliphatic carbocycles. The molecule has 0 radical (unpaired) electrons. The van der Waals surface area contributed by atoms with Gasteiger partial charge in [-0.05, 0) is 53.9 Å². The van der Waals surface area contributed by atoms with Crippen molar-refractivity contribution in [1.82, 2.24) is 9.55 Å². The van der Waals surface area contributed by atoms with Gasteiger partial charge >= 0.3 is 5.69 Å². The number of benzene rings is 2. The third-order valence-corrected chi connectivity index (χ3v) is 11.6. The Morgan fingerprint density at radius 3 is 2.35 bits per heavy atom. The largest absolute Gasteiger partial charge is 0.410 e. The zero-order valence-corrected chi connectivity index (χ0v) is 21.5. The summed E-state index contributed by atoms with van der Waals surface area (Å²) in [5.74, 6) is 0.122. The predicted octanol–water partition coefficient (Wildman–Crippen LogP) is 5.75. The first-order chi connectivity index (χ1) is 16.0. The molecule has 0 aliphatic heterocycles. The Bertz CT molecular complexity index is 1230. The molecule has 1 heterocycles. The molecule has 0 unspecified atom stereocenters. The van der Waals surface area contributed by atoms with E-state index >= 15 is 0 Å². The molecule has 0 fully saturated rings. The van der Waals surface area contributed by atoms with Gasteiger partial charge in [-0.1, -0.05) is 63.2 Å². The van der Waals surface area contributed by atoms with Crippen LogP contribution in [-0.2, 0) is 11.0 Å². The summed E-state index contributed by atoms with van der Waals surface area (Å²) in [6.07, 6.45) is 2.58. The lowest BCUT2D eigenvalue weighted by molar-refractivity contribution is 0.102. The van der Waals surface area contributed by atoms with Gasteiger partial charge in [0, 0.05) is 24.2 Å². The highest BCUT2D eigenvalue weighted by atomic mass is 28.4. The maximum absolute atomic E-state index is 12.8. The third-order valence-electron chi connectivity index (χ3n) is 7.09. The van der Waals surface area contributed by atoms with Gasteiger partial charge in [-0.2, -0.15) is 4.98 Å². The van der Waals surface area contributed by atoms with Crippen LogP contribution in [0.15, 0.2) is 71.7 Å². The van der Waals surface area contributed by atoms with Crippen LogP contribution in [0.1, 0.15) is 60.7 Å². The number of carbonyl (C=O) groups is 1. The molecular formula is C27H33N3O3Si. The van der Waals surface area contributed by atoms with Crippen molar-refractivity contribution in [3.05, 3.63) is 94.0 Å². The van der Waals surface area contributed by atoms with E-state index in [1.807, 2.05) is 12.1 Å². The second-order valence-corrected chi connectivity index (χ2v) is 15.3. The lowest BCUT2D eigenvalue weighted by Crippen LogP contribution is -2.41. The fourth-order valence-electron chi connectivity index (χ4n) is 4.16. The molecule has 0 bridgehead atoms. The van der Waals surface area contributed by atoms with Crippen LogP contribution in [0.5, 0.6) is 0 Å². The molecule has 0 saturated heterocycles. The summed E-state index contributed by atoms with van der Waals surface area (Å²) < 4.78 is 8.40. The Balaban J connectivity index is 1.50. The molecule has 2 aromatic carbocycles. The summed E-state index contributed by atoms with van der Waals surface area (Å²) in [6, 6.07) is 18.9. The molecule has 6 nitrogen and oxygen atoms in total. The van der Waals surface area contributed by atoms with E-state index in [1.54, 1.807) is 41.1 Å². The van der Waals surface area contributed by atoms with Crippen LogP contribution in [0.2, 0.25) is 18.1 Å². The first kappa shape index (κ1) is 24.1. The molecule has 2 atom stereocenters. The van der Waals surface area contributed by atoms with E-state index in [1.165, 1.54) is 11.1 Å². The molecule has 1 aliphatic rings. The Kier molecular flexibility index (Phi) is 6.60. The van der Waals surface area contributed by atoms with E-state index in [4.69, 9.17) is 4.43 Å². The van der Waals surface area contributed by atoms with Gasteiger partial charge < -0.3 is 9.74 Å². The number of fused-ring (bicyclic) bond motifs is 1. The average molecular weight is 476 g/mol. The van der Waals surface area contributed by atoms with Crippen molar-refractivity contribution >= 4 is 20.0 Å². The van der Waals surface area contributed by atoms with Gasteiger partial charge in [-0.15, -0.1) is 0 Å². The van der Waals surface area contributed by atoms with Crippen molar-refractivity contribution in [2.24, 2.45) is 0 Å². The van der Waals surface area contributed by atoms with E-state index < -0.39 is 8.32 Å². The van der Waals surface area contributed by atoms with E-state index in [0.29, 0.717) is 12.1 Å². The number of nitrogens with one attached hydrogen (secondary N) is 1. The second kappa shape index (κ2) is 9.31. The molecule has 3 aromatic rings. The number of carbonyl (C=O) groups excluding carboxylic acids is 1. The van der Waals surface area contributed by atoms with Crippen LogP contribution >= 0.6 is 0 Å². The molecule has 34 heavy (non-hydrogen) atoms. The smallest absolute Gasteiger partial charge is 0.349 e. The normalized spacial score (nSPS) is 17.9. The van der Waals surface area contributed by atoms with Gasteiger partial charge in [0.05, 0.1) is 6.10 Å². The number of hydrogen-bond donors (Lipinski definition) is 1. The first-order valence-electron chi connectivity index (χ1n) is 11.8. The zero-order chi connectivity index (χ0) is 24.5. The fourth-order valence-corrected chi connectivity index (χ4v) is 5.45. The Labute approximate surface area is 202 Å². The summed E-state index contributed by atoms with van der Waals surface area (Å²) in [7, 11) is -1.94. The van der Waals surface area contributed by atoms with Crippen LogP contribution in [0.3, 0.4) is 0 Å². The van der Waals surface area contributed by atoms with E-state index in [2.05, 4.69) is 62.4 Å². The monoisotopic (exact) mass is 475 g/mol. The minimum Gasteiger partial charge on any atom is -0.410 e. The Hall–Kier alpha value is -3.03. The maximum atomic E-state index is 12.8. The zero-order valence-electron chi connectivity index (χ0n) is 20.5. The van der Waals surface area contributed by atoms with Gasteiger partial charge in [0.25, 0.3) is 5.91 Å². The minimum absolute atomic E-state index is 0.0372. The molecule has 4 rings (SSSR count). The van der Waals surface area contributed by atoms with Crippen LogP contribution in [0, 0.1) is 0 Å². The molecule has 178 valence electrons. The van der Waals surface area contributed by atoms with Crippen LogP contribution < -0.4 is 11.0 Å². The van der Waals surface area contributed by atoms with Crippen LogP contribution in [-0.4, -0.2) is 23.8 Å². The van der Waals surface area contributed by atoms with Gasteiger partial charge in [-0.3, -0.25) is 9.36 Å². The number of nitrogens with zero attached hydrogens (tertiary/aromatic N) is 2. The molecule has 1 N–H and O–H groups in total. The molecule has 1 aromatic heterocycles. The SMILES string of the molecule is CC(C)(C)[Si](C)(C)O[C@H]1C[C@@H](Cn2ccc(NC(=O)c3ccccc3)nc2=O)c2ccccc21. The van der Waals surface area contributed by atoms with Gasteiger partial charge in [0.2, 0.25) is 0 Å². The standard InChI is InChI=1S/C27H33N3O3Si/c1-27(2,3)34(4,5)33-23-17-20(21-13-9-10-14-22(21)23)18-30-16-15-24(29-26(30)32)28-25(31)19-11-7-6-8-12-19/h6-16,20,23H,17-18H2,1-5H3,(H,28,29,31,32)/t20-,23-/m0/s1. The highest BCUT2D eigenvalue weighted by Gasteiger charge is 2.42. The number of hydrogen-bond acceptors (Lipinski definition) is 4. The van der Waals surface area contributed by atoms with E-state index in [9.17, 15) is 9.59 Å². The minimum atomic E-state index is -1.94. The average Bonchev–Trinajstić information content (AvgIpc) is 3.12. The predicted molar refractivity (Wildman–Crippen MR) is 138 cm³/mol.